The van der Waals surface area contributed by atoms with Gasteiger partial charge in [-0.3, -0.25) is 4.79 Å². The minimum absolute atomic E-state index is 0.150. The largest absolute Gasteiger partial charge is 0.388 e. The van der Waals surface area contributed by atoms with Gasteiger partial charge in [0.15, 0.2) is 0 Å². The molecule has 3 nitrogen and oxygen atoms in total. The van der Waals surface area contributed by atoms with E-state index in [-0.39, 0.29) is 5.91 Å². The molecule has 176 valence electrons. The first-order valence-corrected chi connectivity index (χ1v) is 12.4. The molecule has 0 aromatic heterocycles. The maximum absolute atomic E-state index is 12.1. The van der Waals surface area contributed by atoms with E-state index >= 15 is 0 Å². The number of rotatable bonds is 19. The predicted molar refractivity (Wildman–Crippen MR) is 136 cm³/mol. The highest BCUT2D eigenvalue weighted by atomic mass is 16.3. The number of hydrogen-bond donors (Lipinski definition) is 2. The topological polar surface area (TPSA) is 49.3 Å². The van der Waals surface area contributed by atoms with Gasteiger partial charge in [0.2, 0.25) is 5.91 Å². The molecule has 0 aromatic rings. The normalized spacial score (nSPS) is 13.0. The SMILES string of the molecule is CC=CC=CCCC=CC=CC=CC(=O)NCC(O)(CCCCCC)CCCCCC. The van der Waals surface area contributed by atoms with Gasteiger partial charge >= 0.3 is 0 Å². The van der Waals surface area contributed by atoms with Gasteiger partial charge in [-0.15, -0.1) is 0 Å². The van der Waals surface area contributed by atoms with Crippen LogP contribution in [0.3, 0.4) is 0 Å². The molecule has 0 radical (unpaired) electrons. The number of aliphatic hydroxyl groups is 1. The van der Waals surface area contributed by atoms with E-state index in [9.17, 15) is 9.90 Å². The summed E-state index contributed by atoms with van der Waals surface area (Å²) in [7, 11) is 0. The second-order valence-electron chi connectivity index (χ2n) is 8.27. The quantitative estimate of drug-likeness (QED) is 0.128. The first kappa shape index (κ1) is 29.1. The van der Waals surface area contributed by atoms with Crippen molar-refractivity contribution in [1.29, 1.82) is 0 Å². The minimum Gasteiger partial charge on any atom is -0.388 e. The van der Waals surface area contributed by atoms with E-state index in [0.717, 1.165) is 51.4 Å². The average molecular weight is 430 g/mol. The first-order chi connectivity index (χ1) is 15.1. The molecule has 0 aliphatic heterocycles. The molecule has 0 aliphatic carbocycles. The Balaban J connectivity index is 4.32. The lowest BCUT2D eigenvalue weighted by molar-refractivity contribution is -0.118. The molecule has 0 unspecified atom stereocenters. The Kier molecular flexibility index (Phi) is 20.1. The molecule has 0 saturated heterocycles. The molecule has 0 spiro atoms. The fourth-order valence-corrected chi connectivity index (χ4v) is 3.30. The molecular weight excluding hydrogens is 382 g/mol. The van der Waals surface area contributed by atoms with Crippen molar-refractivity contribution in [2.75, 3.05) is 6.54 Å². The van der Waals surface area contributed by atoms with Crippen LogP contribution in [0.2, 0.25) is 0 Å². The average Bonchev–Trinajstić information content (AvgIpc) is 2.77. The molecule has 3 heteroatoms. The van der Waals surface area contributed by atoms with Crippen molar-refractivity contribution in [3.8, 4) is 0 Å². The van der Waals surface area contributed by atoms with Gasteiger partial charge in [0, 0.05) is 12.6 Å². The molecular formula is C28H47NO2. The molecule has 0 atom stereocenters. The summed E-state index contributed by atoms with van der Waals surface area (Å²) in [6.07, 6.45) is 32.1. The van der Waals surface area contributed by atoms with Gasteiger partial charge < -0.3 is 10.4 Å². The number of carbonyl (C=O) groups is 1. The molecule has 0 saturated carbocycles. The smallest absolute Gasteiger partial charge is 0.244 e. The van der Waals surface area contributed by atoms with Gasteiger partial charge in [0.1, 0.15) is 0 Å². The Morgan fingerprint density at radius 1 is 0.774 bits per heavy atom. The third kappa shape index (κ3) is 19.8. The van der Waals surface area contributed by atoms with E-state index in [1.165, 1.54) is 31.8 Å². The molecule has 0 heterocycles. The zero-order chi connectivity index (χ0) is 23.0. The maximum Gasteiger partial charge on any atom is 0.244 e. The first-order valence-electron chi connectivity index (χ1n) is 12.4. The zero-order valence-electron chi connectivity index (χ0n) is 20.3. The molecule has 0 aliphatic rings. The fraction of sp³-hybridized carbons (Fsp3) is 0.607. The van der Waals surface area contributed by atoms with Crippen LogP contribution in [0.4, 0.5) is 0 Å². The molecule has 0 fully saturated rings. The Morgan fingerprint density at radius 3 is 1.87 bits per heavy atom. The minimum atomic E-state index is -0.787. The van der Waals surface area contributed by atoms with Crippen LogP contribution in [-0.4, -0.2) is 23.2 Å². The summed E-state index contributed by atoms with van der Waals surface area (Å²) in [5.41, 5.74) is -0.787. The van der Waals surface area contributed by atoms with Crippen LogP contribution in [-0.2, 0) is 4.79 Å². The van der Waals surface area contributed by atoms with Crippen LogP contribution in [0, 0.1) is 0 Å². The van der Waals surface area contributed by atoms with Crippen molar-refractivity contribution in [3.05, 3.63) is 60.8 Å². The van der Waals surface area contributed by atoms with Gasteiger partial charge in [0.05, 0.1) is 5.60 Å². The van der Waals surface area contributed by atoms with Crippen molar-refractivity contribution in [1.82, 2.24) is 5.32 Å². The Bertz CT molecular complexity index is 558. The van der Waals surface area contributed by atoms with Crippen molar-refractivity contribution in [2.24, 2.45) is 0 Å². The summed E-state index contributed by atoms with van der Waals surface area (Å²) in [6, 6.07) is 0. The Morgan fingerprint density at radius 2 is 1.32 bits per heavy atom. The predicted octanol–water partition coefficient (Wildman–Crippen LogP) is 7.36. The second-order valence-corrected chi connectivity index (χ2v) is 8.27. The summed E-state index contributed by atoms with van der Waals surface area (Å²) < 4.78 is 0. The zero-order valence-corrected chi connectivity index (χ0v) is 20.3. The molecule has 0 bridgehead atoms. The molecule has 0 rings (SSSR count). The molecule has 1 amide bonds. The second kappa shape index (κ2) is 21.4. The van der Waals surface area contributed by atoms with Crippen molar-refractivity contribution in [3.63, 3.8) is 0 Å². The lowest BCUT2D eigenvalue weighted by atomic mass is 9.89. The lowest BCUT2D eigenvalue weighted by Crippen LogP contribution is -2.42. The highest BCUT2D eigenvalue weighted by molar-refractivity contribution is 5.87. The lowest BCUT2D eigenvalue weighted by Gasteiger charge is -2.28. The highest BCUT2D eigenvalue weighted by Crippen LogP contribution is 2.22. The van der Waals surface area contributed by atoms with Gasteiger partial charge in [-0.2, -0.15) is 0 Å². The van der Waals surface area contributed by atoms with Gasteiger partial charge in [-0.25, -0.2) is 0 Å². The van der Waals surface area contributed by atoms with E-state index in [2.05, 4.69) is 37.4 Å². The molecule has 31 heavy (non-hydrogen) atoms. The molecule has 0 aromatic carbocycles. The number of hydrogen-bond acceptors (Lipinski definition) is 2. The van der Waals surface area contributed by atoms with Gasteiger partial charge in [0.25, 0.3) is 0 Å². The van der Waals surface area contributed by atoms with Crippen molar-refractivity contribution in [2.45, 2.75) is 103 Å². The van der Waals surface area contributed by atoms with Gasteiger partial charge in [-0.05, 0) is 32.6 Å². The van der Waals surface area contributed by atoms with E-state index in [0.29, 0.717) is 6.54 Å². The van der Waals surface area contributed by atoms with Crippen molar-refractivity contribution < 1.29 is 9.90 Å². The van der Waals surface area contributed by atoms with E-state index in [1.54, 1.807) is 6.08 Å². The van der Waals surface area contributed by atoms with Crippen LogP contribution >= 0.6 is 0 Å². The van der Waals surface area contributed by atoms with E-state index in [1.807, 2.05) is 37.3 Å². The summed E-state index contributed by atoms with van der Waals surface area (Å²) >= 11 is 0. The third-order valence-corrected chi connectivity index (χ3v) is 5.24. The number of unbranched alkanes of at least 4 members (excludes halogenated alkanes) is 7. The van der Waals surface area contributed by atoms with Crippen LogP contribution < -0.4 is 5.32 Å². The Labute approximate surface area is 192 Å². The van der Waals surface area contributed by atoms with E-state index < -0.39 is 5.60 Å². The van der Waals surface area contributed by atoms with Crippen molar-refractivity contribution >= 4 is 5.91 Å². The summed E-state index contributed by atoms with van der Waals surface area (Å²) in [5.74, 6) is -0.150. The number of carbonyl (C=O) groups excluding carboxylic acids is 1. The Hall–Kier alpha value is -1.87. The standard InChI is InChI=1S/C28H47NO2/c1-4-7-10-13-14-15-16-17-18-19-20-23-27(30)29-26-28(31,24-21-11-8-5-2)25-22-12-9-6-3/h4,7,10,13,16-20,23,31H,5-6,8-9,11-12,14-15,21-22,24-26H2,1-3H3,(H,29,30). The van der Waals surface area contributed by atoms with Gasteiger partial charge in [-0.1, -0.05) is 120 Å². The number of allylic oxidation sites excluding steroid dienone is 9. The number of amides is 1. The molecule has 2 N–H and O–H groups in total. The van der Waals surface area contributed by atoms with Crippen LogP contribution in [0.25, 0.3) is 0 Å². The fourth-order valence-electron chi connectivity index (χ4n) is 3.30. The maximum atomic E-state index is 12.1. The third-order valence-electron chi connectivity index (χ3n) is 5.24. The summed E-state index contributed by atoms with van der Waals surface area (Å²) in [4.78, 5) is 12.1. The van der Waals surface area contributed by atoms with Crippen LogP contribution in [0.5, 0.6) is 0 Å². The summed E-state index contributed by atoms with van der Waals surface area (Å²) in [5, 5.41) is 13.9. The monoisotopic (exact) mass is 429 g/mol. The van der Waals surface area contributed by atoms with Crippen LogP contribution in [0.1, 0.15) is 97.8 Å². The van der Waals surface area contributed by atoms with E-state index in [4.69, 9.17) is 0 Å². The van der Waals surface area contributed by atoms with Crippen LogP contribution in [0.15, 0.2) is 60.8 Å². The summed E-state index contributed by atoms with van der Waals surface area (Å²) in [6.45, 7) is 6.72. The highest BCUT2D eigenvalue weighted by Gasteiger charge is 2.26. The number of nitrogens with one attached hydrogen (secondary N) is 1.